The van der Waals surface area contributed by atoms with Gasteiger partial charge in [-0.1, -0.05) is 12.1 Å². The third-order valence-electron chi connectivity index (χ3n) is 2.61. The van der Waals surface area contributed by atoms with E-state index in [1.807, 2.05) is 12.1 Å². The van der Waals surface area contributed by atoms with Crippen molar-refractivity contribution in [1.82, 2.24) is 0 Å². The fraction of sp³-hybridized carbons (Fsp3) is 0.538. The van der Waals surface area contributed by atoms with Gasteiger partial charge in [-0.05, 0) is 19.9 Å². The lowest BCUT2D eigenvalue weighted by Crippen LogP contribution is -2.24. The van der Waals surface area contributed by atoms with Crippen molar-refractivity contribution in [3.05, 3.63) is 23.8 Å². The predicted molar refractivity (Wildman–Crippen MR) is 62.1 cm³/mol. The Morgan fingerprint density at radius 1 is 1.44 bits per heavy atom. The summed E-state index contributed by atoms with van der Waals surface area (Å²) in [4.78, 5) is 0. The Morgan fingerprint density at radius 3 is 3.00 bits per heavy atom. The van der Waals surface area contributed by atoms with Gasteiger partial charge in [-0.25, -0.2) is 0 Å². The molecule has 0 saturated heterocycles. The Kier molecular flexibility index (Phi) is 3.06. The van der Waals surface area contributed by atoms with E-state index >= 15 is 0 Å². The van der Waals surface area contributed by atoms with E-state index in [1.54, 1.807) is 0 Å². The highest BCUT2D eigenvalue weighted by molar-refractivity contribution is 5.50. The standard InChI is InChI=1S/C13H18O3/c1-13(2)9-10-5-3-6-11(12(10)16-13)15-8-4-7-14/h3,5-6,14H,4,7-9H2,1-2H3. The van der Waals surface area contributed by atoms with Gasteiger partial charge in [0.25, 0.3) is 0 Å². The summed E-state index contributed by atoms with van der Waals surface area (Å²) in [6.45, 7) is 4.83. The third-order valence-corrected chi connectivity index (χ3v) is 2.61. The first kappa shape index (κ1) is 11.3. The van der Waals surface area contributed by atoms with E-state index in [0.717, 1.165) is 17.9 Å². The molecule has 1 aromatic carbocycles. The van der Waals surface area contributed by atoms with Crippen molar-refractivity contribution in [2.75, 3.05) is 13.2 Å². The molecule has 0 saturated carbocycles. The van der Waals surface area contributed by atoms with Crippen LogP contribution in [0, 0.1) is 0 Å². The van der Waals surface area contributed by atoms with Crippen LogP contribution in [0.15, 0.2) is 18.2 Å². The molecule has 0 spiro atoms. The molecule has 0 bridgehead atoms. The van der Waals surface area contributed by atoms with Gasteiger partial charge in [0.2, 0.25) is 0 Å². The summed E-state index contributed by atoms with van der Waals surface area (Å²) in [5.74, 6) is 1.65. The van der Waals surface area contributed by atoms with Crippen molar-refractivity contribution < 1.29 is 14.6 Å². The summed E-state index contributed by atoms with van der Waals surface area (Å²) < 4.78 is 11.5. The normalized spacial score (nSPS) is 16.7. The highest BCUT2D eigenvalue weighted by atomic mass is 16.5. The van der Waals surface area contributed by atoms with E-state index in [-0.39, 0.29) is 12.2 Å². The van der Waals surface area contributed by atoms with Crippen LogP contribution in [-0.4, -0.2) is 23.9 Å². The highest BCUT2D eigenvalue weighted by Crippen LogP contribution is 2.41. The van der Waals surface area contributed by atoms with Gasteiger partial charge in [0.15, 0.2) is 11.5 Å². The monoisotopic (exact) mass is 222 g/mol. The Balaban J connectivity index is 2.14. The molecular weight excluding hydrogens is 204 g/mol. The number of benzene rings is 1. The van der Waals surface area contributed by atoms with Gasteiger partial charge in [-0.3, -0.25) is 0 Å². The van der Waals surface area contributed by atoms with Gasteiger partial charge in [-0.2, -0.15) is 0 Å². The summed E-state index contributed by atoms with van der Waals surface area (Å²) in [5, 5.41) is 8.71. The van der Waals surface area contributed by atoms with Crippen molar-refractivity contribution in [3.8, 4) is 11.5 Å². The number of fused-ring (bicyclic) bond motifs is 1. The van der Waals surface area contributed by atoms with E-state index in [9.17, 15) is 0 Å². The minimum absolute atomic E-state index is 0.140. The van der Waals surface area contributed by atoms with Crippen LogP contribution in [0.4, 0.5) is 0 Å². The van der Waals surface area contributed by atoms with Gasteiger partial charge in [0.1, 0.15) is 5.60 Å². The van der Waals surface area contributed by atoms with Crippen LogP contribution in [0.5, 0.6) is 11.5 Å². The molecule has 0 radical (unpaired) electrons. The van der Waals surface area contributed by atoms with Crippen LogP contribution in [0.2, 0.25) is 0 Å². The molecule has 1 aliphatic rings. The smallest absolute Gasteiger partial charge is 0.165 e. The van der Waals surface area contributed by atoms with Crippen LogP contribution in [-0.2, 0) is 6.42 Å². The lowest BCUT2D eigenvalue weighted by molar-refractivity contribution is 0.131. The number of aliphatic hydroxyl groups is 1. The van der Waals surface area contributed by atoms with Crippen molar-refractivity contribution in [1.29, 1.82) is 0 Å². The average Bonchev–Trinajstić information content (AvgIpc) is 2.53. The molecule has 0 atom stereocenters. The first-order chi connectivity index (χ1) is 7.62. The maximum Gasteiger partial charge on any atom is 0.165 e. The zero-order valence-electron chi connectivity index (χ0n) is 9.82. The van der Waals surface area contributed by atoms with Gasteiger partial charge in [0, 0.05) is 25.0 Å². The molecule has 2 rings (SSSR count). The molecule has 1 heterocycles. The molecule has 0 fully saturated rings. The SMILES string of the molecule is CC1(C)Cc2cccc(OCCCO)c2O1. The van der Waals surface area contributed by atoms with E-state index in [2.05, 4.69) is 19.9 Å². The fourth-order valence-corrected chi connectivity index (χ4v) is 1.95. The summed E-state index contributed by atoms with van der Waals surface area (Å²) in [6.07, 6.45) is 1.56. The minimum atomic E-state index is -0.140. The van der Waals surface area contributed by atoms with Crippen LogP contribution in [0.3, 0.4) is 0 Å². The summed E-state index contributed by atoms with van der Waals surface area (Å²) in [7, 11) is 0. The first-order valence-corrected chi connectivity index (χ1v) is 5.67. The Hall–Kier alpha value is -1.22. The van der Waals surface area contributed by atoms with Crippen molar-refractivity contribution >= 4 is 0 Å². The topological polar surface area (TPSA) is 38.7 Å². The molecule has 3 heteroatoms. The van der Waals surface area contributed by atoms with Crippen LogP contribution >= 0.6 is 0 Å². The third kappa shape index (κ3) is 2.30. The summed E-state index contributed by atoms with van der Waals surface area (Å²) in [5.41, 5.74) is 1.06. The lowest BCUT2D eigenvalue weighted by atomic mass is 10.0. The van der Waals surface area contributed by atoms with Crippen molar-refractivity contribution in [2.45, 2.75) is 32.3 Å². The number of rotatable bonds is 4. The number of hydrogen-bond donors (Lipinski definition) is 1. The minimum Gasteiger partial charge on any atom is -0.490 e. The molecule has 0 unspecified atom stereocenters. The highest BCUT2D eigenvalue weighted by Gasteiger charge is 2.32. The zero-order chi connectivity index (χ0) is 11.6. The van der Waals surface area contributed by atoms with Crippen LogP contribution in [0.25, 0.3) is 0 Å². The molecule has 1 aliphatic heterocycles. The second-order valence-electron chi connectivity index (χ2n) is 4.71. The number of para-hydroxylation sites is 1. The molecule has 0 amide bonds. The maximum absolute atomic E-state index is 8.71. The molecular formula is C13H18O3. The molecule has 88 valence electrons. The molecule has 0 aromatic heterocycles. The van der Waals surface area contributed by atoms with E-state index in [4.69, 9.17) is 14.6 Å². The van der Waals surface area contributed by atoms with Crippen molar-refractivity contribution in [3.63, 3.8) is 0 Å². The number of ether oxygens (including phenoxy) is 2. The van der Waals surface area contributed by atoms with Gasteiger partial charge >= 0.3 is 0 Å². The largest absolute Gasteiger partial charge is 0.490 e. The molecule has 1 N–H and O–H groups in total. The van der Waals surface area contributed by atoms with Crippen LogP contribution in [0.1, 0.15) is 25.8 Å². The predicted octanol–water partition coefficient (Wildman–Crippen LogP) is 2.16. The van der Waals surface area contributed by atoms with Gasteiger partial charge in [-0.15, -0.1) is 0 Å². The number of hydrogen-bond acceptors (Lipinski definition) is 3. The van der Waals surface area contributed by atoms with Gasteiger partial charge in [0.05, 0.1) is 6.61 Å². The van der Waals surface area contributed by atoms with E-state index in [0.29, 0.717) is 13.0 Å². The van der Waals surface area contributed by atoms with E-state index in [1.165, 1.54) is 5.56 Å². The Bertz CT molecular complexity index is 371. The molecule has 1 aromatic rings. The number of aliphatic hydroxyl groups excluding tert-OH is 1. The average molecular weight is 222 g/mol. The lowest BCUT2D eigenvalue weighted by Gasteiger charge is -2.18. The Labute approximate surface area is 96.0 Å². The second-order valence-corrected chi connectivity index (χ2v) is 4.71. The summed E-state index contributed by atoms with van der Waals surface area (Å²) in [6, 6.07) is 5.97. The molecule has 16 heavy (non-hydrogen) atoms. The van der Waals surface area contributed by atoms with Crippen molar-refractivity contribution in [2.24, 2.45) is 0 Å². The second kappa shape index (κ2) is 4.34. The maximum atomic E-state index is 8.71. The van der Waals surface area contributed by atoms with E-state index < -0.39 is 0 Å². The molecule has 0 aliphatic carbocycles. The quantitative estimate of drug-likeness (QED) is 0.793. The fourth-order valence-electron chi connectivity index (χ4n) is 1.95. The molecule has 3 nitrogen and oxygen atoms in total. The summed E-state index contributed by atoms with van der Waals surface area (Å²) >= 11 is 0. The van der Waals surface area contributed by atoms with Crippen LogP contribution < -0.4 is 9.47 Å². The van der Waals surface area contributed by atoms with Gasteiger partial charge < -0.3 is 14.6 Å². The first-order valence-electron chi connectivity index (χ1n) is 5.67. The Morgan fingerprint density at radius 2 is 2.25 bits per heavy atom. The zero-order valence-corrected chi connectivity index (χ0v) is 9.82.